The van der Waals surface area contributed by atoms with Crippen LogP contribution in [-0.4, -0.2) is 9.55 Å². The summed E-state index contributed by atoms with van der Waals surface area (Å²) in [5.41, 5.74) is 0. The molecular weight excluding hydrogens is 340 g/mol. The molecule has 0 aromatic carbocycles. The summed E-state index contributed by atoms with van der Waals surface area (Å²) in [6, 6.07) is 0. The number of halogens is 3. The topological polar surface area (TPSA) is 17.8 Å². The molecule has 0 saturated heterocycles. The number of aromatic nitrogens is 2. The van der Waals surface area contributed by atoms with Crippen molar-refractivity contribution in [2.24, 2.45) is 0 Å². The lowest BCUT2D eigenvalue weighted by atomic mass is 10.6. The van der Waals surface area contributed by atoms with Crippen LogP contribution in [0.4, 0.5) is 0 Å². The van der Waals surface area contributed by atoms with Crippen molar-refractivity contribution in [3.63, 3.8) is 0 Å². The second kappa shape index (κ2) is 3.87. The van der Waals surface area contributed by atoms with Gasteiger partial charge in [0.1, 0.15) is 9.21 Å². The first-order chi connectivity index (χ1) is 5.16. The highest BCUT2D eigenvalue weighted by Gasteiger charge is 2.08. The van der Waals surface area contributed by atoms with E-state index in [0.29, 0.717) is 0 Å². The summed E-state index contributed by atoms with van der Waals surface area (Å²) in [6.45, 7) is 4.38. The van der Waals surface area contributed by atoms with Gasteiger partial charge in [-0.15, -0.1) is 6.58 Å². The highest BCUT2D eigenvalue weighted by atomic mass is 79.9. The molecule has 0 spiro atoms. The molecule has 0 N–H and O–H groups in total. The number of nitrogens with zero attached hydrogens (tertiary/aromatic N) is 2. The minimum absolute atomic E-state index is 0.736. The molecule has 1 rings (SSSR count). The lowest BCUT2D eigenvalue weighted by Gasteiger charge is -1.99. The zero-order valence-corrected chi connectivity index (χ0v) is 10.3. The summed E-state index contributed by atoms with van der Waals surface area (Å²) >= 11 is 9.98. The lowest BCUT2D eigenvalue weighted by Crippen LogP contribution is -1.94. The van der Waals surface area contributed by atoms with E-state index in [2.05, 4.69) is 59.4 Å². The van der Waals surface area contributed by atoms with E-state index in [1.54, 1.807) is 0 Å². The highest BCUT2D eigenvalue weighted by molar-refractivity contribution is 9.13. The van der Waals surface area contributed by atoms with E-state index < -0.39 is 0 Å². The highest BCUT2D eigenvalue weighted by Crippen LogP contribution is 2.26. The van der Waals surface area contributed by atoms with E-state index in [-0.39, 0.29) is 0 Å². The standard InChI is InChI=1S/C6H5Br3N2/c1-2-3-11-5(8)4(7)10-6(11)9/h2H,1,3H2. The van der Waals surface area contributed by atoms with Crippen LogP contribution in [0.5, 0.6) is 0 Å². The first-order valence-electron chi connectivity index (χ1n) is 2.84. The summed E-state index contributed by atoms with van der Waals surface area (Å²) in [4.78, 5) is 4.13. The quantitative estimate of drug-likeness (QED) is 0.752. The lowest BCUT2D eigenvalue weighted by molar-refractivity contribution is 0.779. The molecule has 5 heteroatoms. The van der Waals surface area contributed by atoms with Gasteiger partial charge in [0, 0.05) is 6.54 Å². The molecule has 0 aliphatic heterocycles. The Morgan fingerprint density at radius 1 is 1.45 bits per heavy atom. The molecule has 0 radical (unpaired) electrons. The molecule has 1 aromatic rings. The Kier molecular flexibility index (Phi) is 3.33. The number of allylic oxidation sites excluding steroid dienone is 1. The molecule has 0 atom stereocenters. The van der Waals surface area contributed by atoms with Crippen LogP contribution in [0, 0.1) is 0 Å². The summed E-state index contributed by atoms with van der Waals surface area (Å²) in [5.74, 6) is 0. The molecule has 0 saturated carbocycles. The SMILES string of the molecule is C=CCn1c(Br)nc(Br)c1Br. The van der Waals surface area contributed by atoms with E-state index in [1.165, 1.54) is 0 Å². The normalized spacial score (nSPS) is 10.1. The van der Waals surface area contributed by atoms with Gasteiger partial charge in [0.15, 0.2) is 4.73 Å². The Labute approximate surface area is 90.1 Å². The van der Waals surface area contributed by atoms with Gasteiger partial charge in [-0.3, -0.25) is 0 Å². The van der Waals surface area contributed by atoms with Crippen LogP contribution < -0.4 is 0 Å². The molecule has 60 valence electrons. The third kappa shape index (κ3) is 1.95. The van der Waals surface area contributed by atoms with Gasteiger partial charge in [0.05, 0.1) is 0 Å². The largest absolute Gasteiger partial charge is 0.308 e. The van der Waals surface area contributed by atoms with E-state index in [4.69, 9.17) is 0 Å². The van der Waals surface area contributed by atoms with E-state index in [0.717, 1.165) is 20.5 Å². The van der Waals surface area contributed by atoms with Crippen LogP contribution in [0.2, 0.25) is 0 Å². The Bertz CT molecular complexity index is 280. The van der Waals surface area contributed by atoms with Gasteiger partial charge in [-0.2, -0.15) is 0 Å². The first kappa shape index (κ1) is 9.48. The van der Waals surface area contributed by atoms with Crippen molar-refractivity contribution in [2.75, 3.05) is 0 Å². The van der Waals surface area contributed by atoms with E-state index in [1.807, 2.05) is 10.6 Å². The molecule has 0 fully saturated rings. The third-order valence-corrected chi connectivity index (χ3v) is 3.63. The minimum atomic E-state index is 0.736. The van der Waals surface area contributed by atoms with Gasteiger partial charge in [-0.05, 0) is 47.8 Å². The Morgan fingerprint density at radius 3 is 2.45 bits per heavy atom. The van der Waals surface area contributed by atoms with Gasteiger partial charge in [-0.25, -0.2) is 4.98 Å². The Hall–Kier alpha value is 0.390. The van der Waals surface area contributed by atoms with Crippen molar-refractivity contribution in [3.8, 4) is 0 Å². The Morgan fingerprint density at radius 2 is 2.09 bits per heavy atom. The number of rotatable bonds is 2. The summed E-state index contributed by atoms with van der Waals surface area (Å²) < 4.78 is 4.45. The summed E-state index contributed by atoms with van der Waals surface area (Å²) in [7, 11) is 0. The Balaban J connectivity index is 3.11. The third-order valence-electron chi connectivity index (χ3n) is 1.13. The van der Waals surface area contributed by atoms with Crippen molar-refractivity contribution in [1.29, 1.82) is 0 Å². The first-order valence-corrected chi connectivity index (χ1v) is 5.22. The number of hydrogen-bond acceptors (Lipinski definition) is 1. The molecule has 0 amide bonds. The van der Waals surface area contributed by atoms with Crippen LogP contribution >= 0.6 is 47.8 Å². The van der Waals surface area contributed by atoms with E-state index in [9.17, 15) is 0 Å². The van der Waals surface area contributed by atoms with Crippen molar-refractivity contribution in [2.45, 2.75) is 6.54 Å². The molecule has 11 heavy (non-hydrogen) atoms. The fourth-order valence-corrected chi connectivity index (χ4v) is 2.42. The fourth-order valence-electron chi connectivity index (χ4n) is 0.664. The van der Waals surface area contributed by atoms with Gasteiger partial charge in [0.25, 0.3) is 0 Å². The monoisotopic (exact) mass is 342 g/mol. The van der Waals surface area contributed by atoms with Gasteiger partial charge in [-0.1, -0.05) is 6.08 Å². The van der Waals surface area contributed by atoms with Gasteiger partial charge >= 0.3 is 0 Å². The predicted molar refractivity (Wildman–Crippen MR) is 55.5 cm³/mol. The van der Waals surface area contributed by atoms with Crippen LogP contribution in [0.15, 0.2) is 26.6 Å². The van der Waals surface area contributed by atoms with Gasteiger partial charge < -0.3 is 4.57 Å². The molecule has 2 nitrogen and oxygen atoms in total. The van der Waals surface area contributed by atoms with Crippen LogP contribution in [0.1, 0.15) is 0 Å². The average molecular weight is 345 g/mol. The maximum absolute atomic E-state index is 4.13. The average Bonchev–Trinajstić information content (AvgIpc) is 2.17. The molecule has 1 aromatic heterocycles. The second-order valence-electron chi connectivity index (χ2n) is 1.86. The molecule has 0 aliphatic rings. The maximum Gasteiger partial charge on any atom is 0.179 e. The van der Waals surface area contributed by atoms with Crippen LogP contribution in [0.3, 0.4) is 0 Å². The second-order valence-corrected chi connectivity index (χ2v) is 4.07. The van der Waals surface area contributed by atoms with Crippen molar-refractivity contribution in [3.05, 3.63) is 26.6 Å². The summed E-state index contributed by atoms with van der Waals surface area (Å²) in [5, 5.41) is 0. The fraction of sp³-hybridized carbons (Fsp3) is 0.167. The predicted octanol–water partition coefficient (Wildman–Crippen LogP) is 3.36. The number of hydrogen-bond donors (Lipinski definition) is 0. The minimum Gasteiger partial charge on any atom is -0.308 e. The van der Waals surface area contributed by atoms with Crippen molar-refractivity contribution < 1.29 is 0 Å². The molecular formula is C6H5Br3N2. The van der Waals surface area contributed by atoms with Crippen molar-refractivity contribution >= 4 is 47.8 Å². The molecule has 0 aliphatic carbocycles. The van der Waals surface area contributed by atoms with Crippen LogP contribution in [0.25, 0.3) is 0 Å². The molecule has 0 bridgehead atoms. The van der Waals surface area contributed by atoms with Gasteiger partial charge in [0.2, 0.25) is 0 Å². The summed E-state index contributed by atoms with van der Waals surface area (Å²) in [6.07, 6.45) is 1.81. The van der Waals surface area contributed by atoms with Crippen molar-refractivity contribution in [1.82, 2.24) is 9.55 Å². The number of imidazole rings is 1. The molecule has 1 heterocycles. The maximum atomic E-state index is 4.13. The van der Waals surface area contributed by atoms with E-state index >= 15 is 0 Å². The van der Waals surface area contributed by atoms with Crippen LogP contribution in [-0.2, 0) is 6.54 Å². The zero-order chi connectivity index (χ0) is 8.43. The zero-order valence-electron chi connectivity index (χ0n) is 5.52. The smallest absolute Gasteiger partial charge is 0.179 e. The molecule has 0 unspecified atom stereocenters.